The lowest BCUT2D eigenvalue weighted by molar-refractivity contribution is 0.582. The molecular formula is C20H22N2O2S. The van der Waals surface area contributed by atoms with E-state index in [0.717, 1.165) is 27.6 Å². The van der Waals surface area contributed by atoms with Gasteiger partial charge in [-0.1, -0.05) is 54.1 Å². The molecule has 1 N–H and O–H groups in total. The van der Waals surface area contributed by atoms with Crippen LogP contribution in [0.15, 0.2) is 65.6 Å². The minimum absolute atomic E-state index is 0.270. The van der Waals surface area contributed by atoms with Crippen LogP contribution in [0.5, 0.6) is 0 Å². The summed E-state index contributed by atoms with van der Waals surface area (Å²) in [7, 11) is 0.294. The molecule has 0 aliphatic rings. The fourth-order valence-corrected chi connectivity index (χ4v) is 4.09. The van der Waals surface area contributed by atoms with Gasteiger partial charge in [0.05, 0.1) is 4.90 Å². The minimum atomic E-state index is -3.61. The predicted molar refractivity (Wildman–Crippen MR) is 103 cm³/mol. The lowest BCUT2D eigenvalue weighted by Crippen LogP contribution is -2.23. The van der Waals surface area contributed by atoms with Crippen LogP contribution in [0, 0.1) is 6.92 Å². The molecule has 0 atom stereocenters. The molecule has 25 heavy (non-hydrogen) atoms. The van der Waals surface area contributed by atoms with Gasteiger partial charge in [0.1, 0.15) is 0 Å². The van der Waals surface area contributed by atoms with Crippen molar-refractivity contribution in [2.45, 2.75) is 18.4 Å². The van der Waals surface area contributed by atoms with Crippen molar-refractivity contribution in [3.8, 4) is 0 Å². The van der Waals surface area contributed by atoms with Crippen molar-refractivity contribution in [2.75, 3.05) is 19.0 Å². The number of fused-ring (bicyclic) bond motifs is 1. The van der Waals surface area contributed by atoms with Crippen LogP contribution in [0.2, 0.25) is 0 Å². The van der Waals surface area contributed by atoms with Crippen molar-refractivity contribution >= 4 is 26.5 Å². The normalized spacial score (nSPS) is 11.6. The highest BCUT2D eigenvalue weighted by molar-refractivity contribution is 7.89. The van der Waals surface area contributed by atoms with Crippen LogP contribution < -0.4 is 9.62 Å². The molecule has 0 radical (unpaired) electrons. The summed E-state index contributed by atoms with van der Waals surface area (Å²) in [5, 5.41) is 1.65. The molecule has 3 aromatic carbocycles. The lowest BCUT2D eigenvalue weighted by atomic mass is 10.1. The highest BCUT2D eigenvalue weighted by Crippen LogP contribution is 2.30. The number of hydrogen-bond acceptors (Lipinski definition) is 3. The van der Waals surface area contributed by atoms with Crippen molar-refractivity contribution in [1.29, 1.82) is 0 Å². The van der Waals surface area contributed by atoms with Crippen LogP contribution in [0.25, 0.3) is 10.8 Å². The fourth-order valence-electron chi connectivity index (χ4n) is 2.85. The van der Waals surface area contributed by atoms with Gasteiger partial charge in [-0.05, 0) is 24.6 Å². The first-order valence-corrected chi connectivity index (χ1v) is 9.61. The largest absolute Gasteiger partial charge is 0.377 e. The summed E-state index contributed by atoms with van der Waals surface area (Å²) >= 11 is 0. The van der Waals surface area contributed by atoms with Crippen LogP contribution >= 0.6 is 0 Å². The van der Waals surface area contributed by atoms with Gasteiger partial charge in [0, 0.05) is 37.1 Å². The van der Waals surface area contributed by atoms with E-state index in [1.165, 1.54) is 0 Å². The molecule has 0 heterocycles. The number of benzene rings is 3. The molecule has 0 fully saturated rings. The third-order valence-corrected chi connectivity index (χ3v) is 5.68. The summed E-state index contributed by atoms with van der Waals surface area (Å²) in [6, 6.07) is 18.9. The van der Waals surface area contributed by atoms with E-state index >= 15 is 0 Å². The van der Waals surface area contributed by atoms with E-state index < -0.39 is 10.0 Å². The Bertz CT molecular complexity index is 994. The Balaban J connectivity index is 1.97. The lowest BCUT2D eigenvalue weighted by Gasteiger charge is -2.17. The van der Waals surface area contributed by atoms with E-state index in [1.807, 2.05) is 74.4 Å². The second-order valence-corrected chi connectivity index (χ2v) is 8.07. The van der Waals surface area contributed by atoms with Crippen LogP contribution in [-0.2, 0) is 16.6 Å². The summed E-state index contributed by atoms with van der Waals surface area (Å²) in [6.07, 6.45) is 0. The SMILES string of the molecule is Cc1ccc(CNS(=O)(=O)c2cccc3c(N(C)C)cccc23)cc1. The average Bonchev–Trinajstić information content (AvgIpc) is 2.60. The highest BCUT2D eigenvalue weighted by atomic mass is 32.2. The number of nitrogens with zero attached hydrogens (tertiary/aromatic N) is 1. The summed E-state index contributed by atoms with van der Waals surface area (Å²) in [5.41, 5.74) is 3.08. The first-order valence-electron chi connectivity index (χ1n) is 8.13. The van der Waals surface area contributed by atoms with Gasteiger partial charge in [-0.3, -0.25) is 0 Å². The summed E-state index contributed by atoms with van der Waals surface area (Å²) in [4.78, 5) is 2.29. The van der Waals surface area contributed by atoms with Gasteiger partial charge in [0.2, 0.25) is 10.0 Å². The van der Waals surface area contributed by atoms with E-state index in [9.17, 15) is 8.42 Å². The van der Waals surface area contributed by atoms with Gasteiger partial charge in [-0.2, -0.15) is 0 Å². The first-order chi connectivity index (χ1) is 11.9. The Labute approximate surface area is 149 Å². The van der Waals surface area contributed by atoms with Crippen molar-refractivity contribution in [2.24, 2.45) is 0 Å². The van der Waals surface area contributed by atoms with Crippen molar-refractivity contribution in [1.82, 2.24) is 4.72 Å². The van der Waals surface area contributed by atoms with E-state index in [-0.39, 0.29) is 6.54 Å². The first kappa shape index (κ1) is 17.5. The molecule has 0 unspecified atom stereocenters. The minimum Gasteiger partial charge on any atom is -0.377 e. The fraction of sp³-hybridized carbons (Fsp3) is 0.200. The molecule has 0 aliphatic heterocycles. The molecule has 0 saturated carbocycles. The van der Waals surface area contributed by atoms with E-state index in [1.54, 1.807) is 12.1 Å². The number of aryl methyl sites for hydroxylation is 1. The zero-order chi connectivity index (χ0) is 18.0. The third kappa shape index (κ3) is 3.67. The zero-order valence-corrected chi connectivity index (χ0v) is 15.5. The van der Waals surface area contributed by atoms with Gasteiger partial charge in [0.15, 0.2) is 0 Å². The maximum atomic E-state index is 12.8. The average molecular weight is 354 g/mol. The maximum absolute atomic E-state index is 12.8. The second kappa shape index (κ2) is 6.86. The number of anilines is 1. The maximum Gasteiger partial charge on any atom is 0.241 e. The molecule has 0 amide bonds. The topological polar surface area (TPSA) is 49.4 Å². The number of sulfonamides is 1. The molecule has 0 aromatic heterocycles. The van der Waals surface area contributed by atoms with Gasteiger partial charge >= 0.3 is 0 Å². The van der Waals surface area contributed by atoms with Crippen LogP contribution in [-0.4, -0.2) is 22.5 Å². The van der Waals surface area contributed by atoms with Gasteiger partial charge < -0.3 is 4.90 Å². The Morgan fingerprint density at radius 1 is 0.880 bits per heavy atom. The highest BCUT2D eigenvalue weighted by Gasteiger charge is 2.18. The monoisotopic (exact) mass is 354 g/mol. The molecule has 130 valence electrons. The van der Waals surface area contributed by atoms with Gasteiger partial charge in [0.25, 0.3) is 0 Å². The van der Waals surface area contributed by atoms with E-state index in [0.29, 0.717) is 4.90 Å². The smallest absolute Gasteiger partial charge is 0.241 e. The molecule has 0 bridgehead atoms. The molecule has 5 heteroatoms. The van der Waals surface area contributed by atoms with Gasteiger partial charge in [-0.15, -0.1) is 0 Å². The molecule has 0 spiro atoms. The van der Waals surface area contributed by atoms with Crippen LogP contribution in [0.4, 0.5) is 5.69 Å². The Hall–Kier alpha value is -2.37. The molecule has 3 aromatic rings. The number of rotatable bonds is 5. The predicted octanol–water partition coefficient (Wildman–Crippen LogP) is 3.69. The molecule has 4 nitrogen and oxygen atoms in total. The summed E-state index contributed by atoms with van der Waals surface area (Å²) < 4.78 is 28.4. The molecule has 0 saturated heterocycles. The quantitative estimate of drug-likeness (QED) is 0.760. The van der Waals surface area contributed by atoms with E-state index in [4.69, 9.17) is 0 Å². The van der Waals surface area contributed by atoms with E-state index in [2.05, 4.69) is 4.72 Å². The van der Waals surface area contributed by atoms with Crippen LogP contribution in [0.1, 0.15) is 11.1 Å². The standard InChI is InChI=1S/C20H22N2O2S/c1-15-10-12-16(13-11-15)14-21-25(23,24)20-9-5-6-17-18(20)7-4-8-19(17)22(2)3/h4-13,21H,14H2,1-3H3. The van der Waals surface area contributed by atoms with Crippen molar-refractivity contribution in [3.05, 3.63) is 71.8 Å². The molecule has 3 rings (SSSR count). The third-order valence-electron chi connectivity index (χ3n) is 4.22. The van der Waals surface area contributed by atoms with Crippen molar-refractivity contribution < 1.29 is 8.42 Å². The Kier molecular flexibility index (Phi) is 4.79. The second-order valence-electron chi connectivity index (χ2n) is 6.33. The van der Waals surface area contributed by atoms with Crippen molar-refractivity contribution in [3.63, 3.8) is 0 Å². The van der Waals surface area contributed by atoms with Gasteiger partial charge in [-0.25, -0.2) is 13.1 Å². The molecular weight excluding hydrogens is 332 g/mol. The summed E-state index contributed by atoms with van der Waals surface area (Å²) in [5.74, 6) is 0. The number of hydrogen-bond donors (Lipinski definition) is 1. The Morgan fingerprint density at radius 2 is 1.52 bits per heavy atom. The zero-order valence-electron chi connectivity index (χ0n) is 14.7. The molecule has 0 aliphatic carbocycles. The van der Waals surface area contributed by atoms with Crippen LogP contribution in [0.3, 0.4) is 0 Å². The Morgan fingerprint density at radius 3 is 2.20 bits per heavy atom. The number of nitrogens with one attached hydrogen (secondary N) is 1. The summed E-state index contributed by atoms with van der Waals surface area (Å²) in [6.45, 7) is 2.28.